The number of rotatable bonds is 7. The Hall–Kier alpha value is -3.17. The quantitative estimate of drug-likeness (QED) is 0.576. The third-order valence-corrected chi connectivity index (χ3v) is 4.69. The first kappa shape index (κ1) is 20.1. The van der Waals surface area contributed by atoms with E-state index in [1.54, 1.807) is 36.4 Å². The fraction of sp³-hybridized carbons (Fsp3) is 0.211. The zero-order valence-corrected chi connectivity index (χ0v) is 17.0. The lowest BCUT2D eigenvalue weighted by Gasteiger charge is -2.09. The number of hydrogen-bond donors (Lipinski definition) is 2. The van der Waals surface area contributed by atoms with E-state index >= 15 is 0 Å². The number of nitrogens with one attached hydrogen (secondary N) is 2. The van der Waals surface area contributed by atoms with E-state index < -0.39 is 0 Å². The molecule has 3 aromatic rings. The number of halogens is 2. The molecule has 0 aliphatic heterocycles. The normalized spacial score (nSPS) is 13.0. The van der Waals surface area contributed by atoms with Crippen LogP contribution in [-0.4, -0.2) is 44.7 Å². The Labute approximate surface area is 181 Å². The summed E-state index contributed by atoms with van der Waals surface area (Å²) in [6.07, 6.45) is 1.95. The van der Waals surface area contributed by atoms with Gasteiger partial charge in [0, 0.05) is 16.8 Å². The lowest BCUT2D eigenvalue weighted by Crippen LogP contribution is -2.26. The van der Waals surface area contributed by atoms with Gasteiger partial charge in [0.15, 0.2) is 6.61 Å². The predicted molar refractivity (Wildman–Crippen MR) is 110 cm³/mol. The SMILES string of the molecule is O=C(COc1ccc(Cl)cc1Cl)Nc1ccc(-n2nnc(C(=O)NC3CC3)n2)cc1. The number of ether oxygens (including phenoxy) is 1. The van der Waals surface area contributed by atoms with Crippen molar-refractivity contribution in [3.8, 4) is 11.4 Å². The molecule has 2 N–H and O–H groups in total. The second-order valence-electron chi connectivity index (χ2n) is 6.61. The minimum absolute atomic E-state index is 0.0114. The van der Waals surface area contributed by atoms with Crippen molar-refractivity contribution in [2.75, 3.05) is 11.9 Å². The van der Waals surface area contributed by atoms with Crippen LogP contribution in [0.5, 0.6) is 5.75 Å². The largest absolute Gasteiger partial charge is 0.482 e. The molecule has 1 fully saturated rings. The minimum atomic E-state index is -0.355. The van der Waals surface area contributed by atoms with Crippen molar-refractivity contribution < 1.29 is 14.3 Å². The molecule has 1 saturated carbocycles. The van der Waals surface area contributed by atoms with E-state index in [1.807, 2.05) is 0 Å². The highest BCUT2D eigenvalue weighted by molar-refractivity contribution is 6.35. The van der Waals surface area contributed by atoms with E-state index in [0.29, 0.717) is 27.2 Å². The van der Waals surface area contributed by atoms with E-state index in [1.165, 1.54) is 10.9 Å². The molecule has 9 nitrogen and oxygen atoms in total. The summed E-state index contributed by atoms with van der Waals surface area (Å²) in [5.74, 6) is -0.317. The molecule has 0 saturated heterocycles. The van der Waals surface area contributed by atoms with Crippen molar-refractivity contribution >= 4 is 40.7 Å². The van der Waals surface area contributed by atoms with Crippen LogP contribution in [0.3, 0.4) is 0 Å². The average Bonchev–Trinajstić information content (AvgIpc) is 3.39. The maximum absolute atomic E-state index is 12.1. The summed E-state index contributed by atoms with van der Waals surface area (Å²) in [6.45, 7) is -0.215. The Morgan fingerprint density at radius 1 is 1.13 bits per heavy atom. The Balaban J connectivity index is 1.32. The van der Waals surface area contributed by atoms with Gasteiger partial charge in [-0.2, -0.15) is 0 Å². The predicted octanol–water partition coefficient (Wildman–Crippen LogP) is 2.88. The molecule has 0 atom stereocenters. The highest BCUT2D eigenvalue weighted by atomic mass is 35.5. The smallest absolute Gasteiger partial charge is 0.293 e. The Morgan fingerprint density at radius 2 is 1.90 bits per heavy atom. The lowest BCUT2D eigenvalue weighted by molar-refractivity contribution is -0.118. The highest BCUT2D eigenvalue weighted by Crippen LogP contribution is 2.27. The summed E-state index contributed by atoms with van der Waals surface area (Å²) in [5, 5.41) is 18.1. The van der Waals surface area contributed by atoms with Crippen molar-refractivity contribution in [1.82, 2.24) is 25.5 Å². The van der Waals surface area contributed by atoms with Gasteiger partial charge in [-0.15, -0.1) is 15.0 Å². The van der Waals surface area contributed by atoms with Gasteiger partial charge in [-0.1, -0.05) is 23.2 Å². The van der Waals surface area contributed by atoms with Crippen LogP contribution in [-0.2, 0) is 4.79 Å². The lowest BCUT2D eigenvalue weighted by atomic mass is 10.3. The fourth-order valence-electron chi connectivity index (χ4n) is 2.50. The first-order chi connectivity index (χ1) is 14.5. The molecule has 2 aromatic carbocycles. The molecule has 0 spiro atoms. The van der Waals surface area contributed by atoms with Gasteiger partial charge in [0.05, 0.1) is 10.7 Å². The summed E-state index contributed by atoms with van der Waals surface area (Å²) in [6, 6.07) is 11.7. The van der Waals surface area contributed by atoms with Crippen LogP contribution in [0, 0.1) is 0 Å². The maximum atomic E-state index is 12.1. The van der Waals surface area contributed by atoms with E-state index in [2.05, 4.69) is 26.0 Å². The third-order valence-electron chi connectivity index (χ3n) is 4.16. The summed E-state index contributed by atoms with van der Waals surface area (Å²) >= 11 is 11.8. The molecule has 1 aliphatic carbocycles. The summed E-state index contributed by atoms with van der Waals surface area (Å²) in [5.41, 5.74) is 1.15. The molecule has 1 heterocycles. The number of hydrogen-bond acceptors (Lipinski definition) is 6. The summed E-state index contributed by atoms with van der Waals surface area (Å²) < 4.78 is 5.40. The van der Waals surface area contributed by atoms with Gasteiger partial charge in [-0.3, -0.25) is 9.59 Å². The zero-order valence-electron chi connectivity index (χ0n) is 15.5. The third kappa shape index (κ3) is 5.05. The van der Waals surface area contributed by atoms with Gasteiger partial charge in [0.25, 0.3) is 17.6 Å². The van der Waals surface area contributed by atoms with E-state index in [4.69, 9.17) is 27.9 Å². The van der Waals surface area contributed by atoms with E-state index in [0.717, 1.165) is 12.8 Å². The highest BCUT2D eigenvalue weighted by Gasteiger charge is 2.25. The van der Waals surface area contributed by atoms with E-state index in [-0.39, 0.29) is 30.3 Å². The van der Waals surface area contributed by atoms with Gasteiger partial charge in [-0.05, 0) is 60.5 Å². The van der Waals surface area contributed by atoms with Gasteiger partial charge >= 0.3 is 0 Å². The van der Waals surface area contributed by atoms with Gasteiger partial charge < -0.3 is 15.4 Å². The molecule has 4 rings (SSSR count). The van der Waals surface area contributed by atoms with Crippen LogP contribution in [0.2, 0.25) is 10.0 Å². The van der Waals surface area contributed by atoms with Gasteiger partial charge in [0.2, 0.25) is 0 Å². The van der Waals surface area contributed by atoms with Crippen molar-refractivity contribution in [3.63, 3.8) is 0 Å². The number of nitrogens with zero attached hydrogens (tertiary/aromatic N) is 4. The van der Waals surface area contributed by atoms with Crippen LogP contribution in [0.25, 0.3) is 5.69 Å². The number of benzene rings is 2. The second-order valence-corrected chi connectivity index (χ2v) is 7.45. The summed E-state index contributed by atoms with van der Waals surface area (Å²) in [4.78, 5) is 25.3. The number of anilines is 1. The van der Waals surface area contributed by atoms with Gasteiger partial charge in [-0.25, -0.2) is 0 Å². The molecule has 0 bridgehead atoms. The zero-order chi connectivity index (χ0) is 21.1. The second kappa shape index (κ2) is 8.68. The first-order valence-electron chi connectivity index (χ1n) is 9.07. The minimum Gasteiger partial charge on any atom is -0.482 e. The van der Waals surface area contributed by atoms with Crippen molar-refractivity contribution in [3.05, 3.63) is 58.3 Å². The monoisotopic (exact) mass is 446 g/mol. The molecule has 154 valence electrons. The maximum Gasteiger partial charge on any atom is 0.293 e. The Bertz CT molecular complexity index is 1080. The summed E-state index contributed by atoms with van der Waals surface area (Å²) in [7, 11) is 0. The molecule has 0 radical (unpaired) electrons. The Morgan fingerprint density at radius 3 is 2.60 bits per heavy atom. The molecule has 30 heavy (non-hydrogen) atoms. The topological polar surface area (TPSA) is 111 Å². The average molecular weight is 447 g/mol. The molecule has 0 unspecified atom stereocenters. The molecule has 11 heteroatoms. The van der Waals surface area contributed by atoms with Crippen LogP contribution in [0.15, 0.2) is 42.5 Å². The number of carbonyl (C=O) groups is 2. The van der Waals surface area contributed by atoms with Crippen LogP contribution in [0.1, 0.15) is 23.5 Å². The van der Waals surface area contributed by atoms with E-state index in [9.17, 15) is 9.59 Å². The van der Waals surface area contributed by atoms with Crippen molar-refractivity contribution in [2.45, 2.75) is 18.9 Å². The molecular weight excluding hydrogens is 431 g/mol. The molecular formula is C19H16Cl2N6O3. The van der Waals surface area contributed by atoms with Crippen molar-refractivity contribution in [2.24, 2.45) is 0 Å². The Kier molecular flexibility index (Phi) is 5.82. The number of amides is 2. The van der Waals surface area contributed by atoms with Crippen LogP contribution in [0.4, 0.5) is 5.69 Å². The number of tetrazole rings is 1. The first-order valence-corrected chi connectivity index (χ1v) is 9.82. The standard InChI is InChI=1S/C19H16Cl2N6O3/c20-11-1-8-16(15(21)9-11)30-10-17(28)22-12-4-6-14(7-5-12)27-25-18(24-26-27)19(29)23-13-2-3-13/h1,4-9,13H,2-3,10H2,(H,22,28)(H,23,29). The van der Waals surface area contributed by atoms with Crippen molar-refractivity contribution in [1.29, 1.82) is 0 Å². The van der Waals surface area contributed by atoms with Crippen LogP contribution < -0.4 is 15.4 Å². The van der Waals surface area contributed by atoms with Crippen LogP contribution >= 0.6 is 23.2 Å². The number of carbonyl (C=O) groups excluding carboxylic acids is 2. The molecule has 2 amide bonds. The number of aromatic nitrogens is 4. The molecule has 1 aromatic heterocycles. The van der Waals surface area contributed by atoms with Gasteiger partial charge in [0.1, 0.15) is 5.75 Å². The molecule has 1 aliphatic rings. The fourth-order valence-corrected chi connectivity index (χ4v) is 2.97.